The zero-order valence-electron chi connectivity index (χ0n) is 20.6. The second-order valence-corrected chi connectivity index (χ2v) is 8.71. The molecule has 0 fully saturated rings. The fourth-order valence-electron chi connectivity index (χ4n) is 3.68. The van der Waals surface area contributed by atoms with Crippen molar-refractivity contribution in [3.63, 3.8) is 0 Å². The molecule has 0 saturated carbocycles. The van der Waals surface area contributed by atoms with Gasteiger partial charge in [0.1, 0.15) is 11.6 Å². The van der Waals surface area contributed by atoms with Crippen LogP contribution in [0, 0.1) is 11.6 Å². The Kier molecular flexibility index (Phi) is 10.2. The van der Waals surface area contributed by atoms with Gasteiger partial charge in [0.2, 0.25) is 5.91 Å². The van der Waals surface area contributed by atoms with Gasteiger partial charge in [-0.2, -0.15) is 0 Å². The van der Waals surface area contributed by atoms with Crippen molar-refractivity contribution in [3.8, 4) is 5.75 Å². The van der Waals surface area contributed by atoms with Crippen LogP contribution in [0.15, 0.2) is 54.7 Å². The lowest BCUT2D eigenvalue weighted by atomic mass is 10.1. The van der Waals surface area contributed by atoms with Crippen LogP contribution in [-0.4, -0.2) is 36.5 Å². The lowest BCUT2D eigenvalue weighted by Gasteiger charge is -2.19. The van der Waals surface area contributed by atoms with Gasteiger partial charge in [-0.1, -0.05) is 17.7 Å². The molecule has 0 saturated heterocycles. The summed E-state index contributed by atoms with van der Waals surface area (Å²) in [6.45, 7) is 4.12. The van der Waals surface area contributed by atoms with E-state index < -0.39 is 30.0 Å². The first-order valence-corrected chi connectivity index (χ1v) is 12.2. The second kappa shape index (κ2) is 13.5. The number of carbonyl (C=O) groups excluding carboxylic acids is 2. The van der Waals surface area contributed by atoms with Crippen molar-refractivity contribution in [1.29, 1.82) is 0 Å². The number of amides is 2. The Morgan fingerprint density at radius 3 is 2.65 bits per heavy atom. The Balaban J connectivity index is 1.65. The molecule has 1 unspecified atom stereocenters. The van der Waals surface area contributed by atoms with Crippen LogP contribution in [0.4, 0.5) is 14.5 Å². The van der Waals surface area contributed by atoms with Crippen LogP contribution >= 0.6 is 11.6 Å². The van der Waals surface area contributed by atoms with E-state index in [0.717, 1.165) is 11.8 Å². The number of aromatic nitrogens is 1. The molecule has 0 radical (unpaired) electrons. The second-order valence-electron chi connectivity index (χ2n) is 8.28. The highest BCUT2D eigenvalue weighted by atomic mass is 35.5. The number of ether oxygens (including phenoxy) is 1. The van der Waals surface area contributed by atoms with Gasteiger partial charge in [-0.3, -0.25) is 14.6 Å². The number of benzene rings is 2. The topological polar surface area (TPSA) is 92.4 Å². The predicted octanol–water partition coefficient (Wildman–Crippen LogP) is 4.60. The van der Waals surface area contributed by atoms with Crippen LogP contribution in [0.25, 0.3) is 0 Å². The van der Waals surface area contributed by atoms with Gasteiger partial charge in [0, 0.05) is 47.6 Å². The highest BCUT2D eigenvalue weighted by Gasteiger charge is 2.20. The number of likely N-dealkylation sites (N-methyl/N-ethyl adjacent to an activating group) is 1. The number of nitrogens with zero attached hydrogens (tertiary/aromatic N) is 1. The molecule has 0 spiro atoms. The molecule has 0 aliphatic carbocycles. The Bertz CT molecular complexity index is 1230. The monoisotopic (exact) mass is 530 g/mol. The molecule has 10 heteroatoms. The van der Waals surface area contributed by atoms with E-state index in [2.05, 4.69) is 20.9 Å². The van der Waals surface area contributed by atoms with Gasteiger partial charge in [-0.05, 0) is 56.3 Å². The molecule has 3 aromatic rings. The maximum atomic E-state index is 15.1. The average Bonchev–Trinajstić information content (AvgIpc) is 2.88. The van der Waals surface area contributed by atoms with Crippen molar-refractivity contribution >= 4 is 29.1 Å². The van der Waals surface area contributed by atoms with E-state index in [0.29, 0.717) is 35.8 Å². The summed E-state index contributed by atoms with van der Waals surface area (Å²) in [5.41, 5.74) is 1.12. The fourth-order valence-corrected chi connectivity index (χ4v) is 3.86. The maximum absolute atomic E-state index is 15.1. The molecule has 1 heterocycles. The van der Waals surface area contributed by atoms with Crippen LogP contribution in [-0.2, 0) is 22.4 Å². The number of hydrogen-bond acceptors (Lipinski definition) is 5. The molecule has 37 heavy (non-hydrogen) atoms. The third-order valence-corrected chi connectivity index (χ3v) is 5.73. The molecule has 3 rings (SSSR count). The smallest absolute Gasteiger partial charge is 0.257 e. The molecule has 1 aromatic heterocycles. The van der Waals surface area contributed by atoms with E-state index in [1.807, 2.05) is 12.1 Å². The molecule has 196 valence electrons. The standard InChI is InChI=1S/C27H29ClF2N4O3/c1-3-31-26(36)16-37-24-10-7-18(28)14-20(24)17(2)34-25(35)15-21-22(29)8-9-23(27(21)30)33-13-11-19-6-4-5-12-32-19/h4-10,12,14,17,33H,3,11,13,15-16H2,1-2H3,(H,31,36)(H,34,35). The zero-order chi connectivity index (χ0) is 26.8. The van der Waals surface area contributed by atoms with Crippen molar-refractivity contribution in [1.82, 2.24) is 15.6 Å². The molecule has 0 bridgehead atoms. The minimum atomic E-state index is -0.822. The number of anilines is 1. The summed E-state index contributed by atoms with van der Waals surface area (Å²) in [5, 5.41) is 8.70. The lowest BCUT2D eigenvalue weighted by molar-refractivity contribution is -0.123. The molecule has 2 amide bonds. The molecule has 0 aliphatic rings. The average molecular weight is 531 g/mol. The summed E-state index contributed by atoms with van der Waals surface area (Å²) in [4.78, 5) is 28.7. The van der Waals surface area contributed by atoms with E-state index in [1.54, 1.807) is 44.3 Å². The summed E-state index contributed by atoms with van der Waals surface area (Å²) < 4.78 is 35.1. The quantitative estimate of drug-likeness (QED) is 0.318. The van der Waals surface area contributed by atoms with Crippen LogP contribution in [0.3, 0.4) is 0 Å². The first-order chi connectivity index (χ1) is 17.8. The molecule has 3 N–H and O–H groups in total. The third-order valence-electron chi connectivity index (χ3n) is 5.49. The summed E-state index contributed by atoms with van der Waals surface area (Å²) in [6.07, 6.45) is 1.72. The van der Waals surface area contributed by atoms with E-state index in [9.17, 15) is 14.0 Å². The summed E-state index contributed by atoms with van der Waals surface area (Å²) >= 11 is 6.12. The largest absolute Gasteiger partial charge is 0.483 e. The van der Waals surface area contributed by atoms with Crippen molar-refractivity contribution in [2.45, 2.75) is 32.7 Å². The zero-order valence-corrected chi connectivity index (χ0v) is 21.4. The molecular weight excluding hydrogens is 502 g/mol. The summed E-state index contributed by atoms with van der Waals surface area (Å²) in [7, 11) is 0. The summed E-state index contributed by atoms with van der Waals surface area (Å²) in [5.74, 6) is -2.16. The first kappa shape index (κ1) is 27.9. The molecule has 7 nitrogen and oxygen atoms in total. The van der Waals surface area contributed by atoms with Crippen LogP contribution in [0.5, 0.6) is 5.75 Å². The SMILES string of the molecule is CCNC(=O)COc1ccc(Cl)cc1C(C)NC(=O)Cc1c(F)ccc(NCCc2ccccn2)c1F. The van der Waals surface area contributed by atoms with Crippen LogP contribution < -0.4 is 20.7 Å². The minimum absolute atomic E-state index is 0.101. The summed E-state index contributed by atoms with van der Waals surface area (Å²) in [6, 6.07) is 12.1. The van der Waals surface area contributed by atoms with E-state index in [1.165, 1.54) is 6.07 Å². The molecule has 1 atom stereocenters. The molecular formula is C27H29ClF2N4O3. The van der Waals surface area contributed by atoms with Crippen LogP contribution in [0.2, 0.25) is 5.02 Å². The molecule has 0 aliphatic heterocycles. The number of pyridine rings is 1. The maximum Gasteiger partial charge on any atom is 0.257 e. The highest BCUT2D eigenvalue weighted by Crippen LogP contribution is 2.29. The van der Waals surface area contributed by atoms with E-state index >= 15 is 4.39 Å². The number of halogens is 3. The number of rotatable bonds is 12. The van der Waals surface area contributed by atoms with Gasteiger partial charge < -0.3 is 20.7 Å². The predicted molar refractivity (Wildman–Crippen MR) is 139 cm³/mol. The normalized spacial score (nSPS) is 11.5. The highest BCUT2D eigenvalue weighted by molar-refractivity contribution is 6.30. The van der Waals surface area contributed by atoms with Gasteiger partial charge in [-0.15, -0.1) is 0 Å². The third kappa shape index (κ3) is 8.15. The van der Waals surface area contributed by atoms with Gasteiger partial charge in [0.15, 0.2) is 12.4 Å². The van der Waals surface area contributed by atoms with Crippen LogP contribution in [0.1, 0.15) is 36.7 Å². The molecule has 2 aromatic carbocycles. The van der Waals surface area contributed by atoms with Crippen molar-refractivity contribution < 1.29 is 23.1 Å². The van der Waals surface area contributed by atoms with Gasteiger partial charge in [0.05, 0.1) is 18.2 Å². The minimum Gasteiger partial charge on any atom is -0.483 e. The van der Waals surface area contributed by atoms with E-state index in [-0.39, 0.29) is 23.8 Å². The van der Waals surface area contributed by atoms with Gasteiger partial charge in [-0.25, -0.2) is 8.78 Å². The Hall–Kier alpha value is -3.72. The first-order valence-electron chi connectivity index (χ1n) is 11.9. The number of nitrogens with one attached hydrogen (secondary N) is 3. The van der Waals surface area contributed by atoms with Crippen molar-refractivity contribution in [2.24, 2.45) is 0 Å². The Morgan fingerprint density at radius 1 is 1.11 bits per heavy atom. The van der Waals surface area contributed by atoms with Gasteiger partial charge >= 0.3 is 0 Å². The van der Waals surface area contributed by atoms with E-state index in [4.69, 9.17) is 16.3 Å². The fraction of sp³-hybridized carbons (Fsp3) is 0.296. The van der Waals surface area contributed by atoms with Gasteiger partial charge in [0.25, 0.3) is 5.91 Å². The van der Waals surface area contributed by atoms with Crippen molar-refractivity contribution in [2.75, 3.05) is 25.0 Å². The number of hydrogen-bond donors (Lipinski definition) is 3. The number of carbonyl (C=O) groups is 2. The lowest BCUT2D eigenvalue weighted by Crippen LogP contribution is -2.30. The Labute approximate surface area is 219 Å². The Morgan fingerprint density at radius 2 is 1.92 bits per heavy atom. The van der Waals surface area contributed by atoms with Crippen molar-refractivity contribution in [3.05, 3.63) is 88.2 Å².